The molecule has 11 nitrogen and oxygen atoms in total. The number of benzene rings is 3. The third kappa shape index (κ3) is 4.02. The standard InChI is InChI=1S/C33H30O11/c1-13-8-15-10-17-12-19(39-4)24(30(41-6)21(17)29(40-5)22(15)33(37)44-13)26-27(34)23-18(38-3)11-16-9-14(2)43-32(36)20(16)25(23)28(35)31(26)42-7/h10-14H,8-9H2,1-7H3. The number of cyclic esters (lactones) is 2. The monoisotopic (exact) mass is 602 g/mol. The highest BCUT2D eigenvalue weighted by molar-refractivity contribution is 6.43. The molecule has 2 atom stereocenters. The predicted molar refractivity (Wildman–Crippen MR) is 156 cm³/mol. The fourth-order valence-electron chi connectivity index (χ4n) is 6.51. The van der Waals surface area contributed by atoms with E-state index in [-0.39, 0.29) is 68.3 Å². The maximum atomic E-state index is 14.6. The van der Waals surface area contributed by atoms with Crippen molar-refractivity contribution < 1.29 is 52.3 Å². The molecule has 44 heavy (non-hydrogen) atoms. The fourth-order valence-corrected chi connectivity index (χ4v) is 6.51. The molecule has 2 aliphatic heterocycles. The first-order chi connectivity index (χ1) is 21.1. The highest BCUT2D eigenvalue weighted by Gasteiger charge is 2.44. The van der Waals surface area contributed by atoms with Crippen LogP contribution in [0, 0.1) is 0 Å². The zero-order valence-electron chi connectivity index (χ0n) is 25.3. The highest BCUT2D eigenvalue weighted by atomic mass is 16.6. The van der Waals surface area contributed by atoms with Crippen LogP contribution in [-0.4, -0.2) is 71.3 Å². The van der Waals surface area contributed by atoms with Crippen LogP contribution >= 0.6 is 0 Å². The minimum absolute atomic E-state index is 0.00401. The van der Waals surface area contributed by atoms with Crippen LogP contribution in [0.25, 0.3) is 16.3 Å². The van der Waals surface area contributed by atoms with Crippen LogP contribution in [0.4, 0.5) is 0 Å². The molecule has 0 aromatic heterocycles. The summed E-state index contributed by atoms with van der Waals surface area (Å²) < 4.78 is 39.6. The molecule has 0 saturated heterocycles. The van der Waals surface area contributed by atoms with Crippen LogP contribution < -0.4 is 18.9 Å². The van der Waals surface area contributed by atoms with E-state index < -0.39 is 29.6 Å². The van der Waals surface area contributed by atoms with Crippen molar-refractivity contribution in [3.8, 4) is 23.0 Å². The number of hydrogen-bond acceptors (Lipinski definition) is 11. The summed E-state index contributed by atoms with van der Waals surface area (Å²) >= 11 is 0. The minimum atomic E-state index is -0.714. The SMILES string of the molecule is COC1=C(c2c(OC)cc3cc4c(c(OC)c3c2OC)C(=O)OC(C)C4)C(=O)c2c(OC)cc3c(c2C1=O)C(=O)OC(C)C3. The van der Waals surface area contributed by atoms with Crippen molar-refractivity contribution in [1.82, 2.24) is 0 Å². The average Bonchev–Trinajstić information content (AvgIpc) is 2.99. The molecule has 6 rings (SSSR count). The quantitative estimate of drug-likeness (QED) is 0.369. The second kappa shape index (κ2) is 10.6. The summed E-state index contributed by atoms with van der Waals surface area (Å²) in [6.07, 6.45) is 0.0468. The third-order valence-electron chi connectivity index (χ3n) is 8.21. The molecule has 0 N–H and O–H groups in total. The van der Waals surface area contributed by atoms with Crippen molar-refractivity contribution in [2.75, 3.05) is 35.5 Å². The molecule has 3 aliphatic rings. The van der Waals surface area contributed by atoms with Gasteiger partial charge in [-0.3, -0.25) is 9.59 Å². The lowest BCUT2D eigenvalue weighted by atomic mass is 9.78. The Balaban J connectivity index is 1.71. The van der Waals surface area contributed by atoms with E-state index in [1.54, 1.807) is 26.0 Å². The van der Waals surface area contributed by atoms with Crippen molar-refractivity contribution in [1.29, 1.82) is 0 Å². The number of carbonyl (C=O) groups is 4. The summed E-state index contributed by atoms with van der Waals surface area (Å²) in [4.78, 5) is 54.9. The largest absolute Gasteiger partial charge is 0.496 e. The molecule has 11 heteroatoms. The number of allylic oxidation sites excluding steroid dienone is 2. The van der Waals surface area contributed by atoms with Crippen molar-refractivity contribution in [2.24, 2.45) is 0 Å². The number of ether oxygens (including phenoxy) is 7. The van der Waals surface area contributed by atoms with Gasteiger partial charge in [-0.15, -0.1) is 0 Å². The van der Waals surface area contributed by atoms with Gasteiger partial charge in [0.05, 0.1) is 68.8 Å². The van der Waals surface area contributed by atoms with E-state index in [4.69, 9.17) is 33.2 Å². The van der Waals surface area contributed by atoms with Crippen LogP contribution in [0.3, 0.4) is 0 Å². The summed E-state index contributed by atoms with van der Waals surface area (Å²) in [5.41, 5.74) is 1.15. The van der Waals surface area contributed by atoms with Gasteiger partial charge in [-0.25, -0.2) is 9.59 Å². The summed E-state index contributed by atoms with van der Waals surface area (Å²) in [6, 6.07) is 5.09. The Morgan fingerprint density at radius 2 is 1.14 bits per heavy atom. The lowest BCUT2D eigenvalue weighted by Gasteiger charge is -2.30. The normalized spacial score (nSPS) is 19.1. The van der Waals surface area contributed by atoms with Crippen molar-refractivity contribution in [3.05, 3.63) is 62.9 Å². The second-order valence-corrected chi connectivity index (χ2v) is 10.8. The zero-order valence-corrected chi connectivity index (χ0v) is 25.3. The van der Waals surface area contributed by atoms with E-state index >= 15 is 0 Å². The average molecular weight is 603 g/mol. The number of fused-ring (bicyclic) bond motifs is 5. The molecular formula is C33H30O11. The molecule has 0 amide bonds. The number of esters is 2. The molecule has 2 unspecified atom stereocenters. The van der Waals surface area contributed by atoms with Gasteiger partial charge in [0, 0.05) is 12.8 Å². The van der Waals surface area contributed by atoms with E-state index in [2.05, 4.69) is 0 Å². The number of rotatable bonds is 6. The Kier molecular flexibility index (Phi) is 6.98. The maximum Gasteiger partial charge on any atom is 0.342 e. The first-order valence-corrected chi connectivity index (χ1v) is 13.9. The molecule has 3 aromatic carbocycles. The van der Waals surface area contributed by atoms with Gasteiger partial charge in [-0.2, -0.15) is 0 Å². The van der Waals surface area contributed by atoms with Crippen LogP contribution in [-0.2, 0) is 27.1 Å². The van der Waals surface area contributed by atoms with E-state index in [1.807, 2.05) is 6.07 Å². The number of ketones is 2. The Hall–Kier alpha value is -5.06. The van der Waals surface area contributed by atoms with Gasteiger partial charge < -0.3 is 33.2 Å². The van der Waals surface area contributed by atoms with Crippen LogP contribution in [0.5, 0.6) is 23.0 Å². The Labute approximate surface area is 252 Å². The number of hydrogen-bond donors (Lipinski definition) is 0. The first kappa shape index (κ1) is 29.0. The van der Waals surface area contributed by atoms with E-state index in [0.29, 0.717) is 29.2 Å². The number of methoxy groups -OCH3 is 5. The lowest BCUT2D eigenvalue weighted by Crippen LogP contribution is -2.32. The van der Waals surface area contributed by atoms with Gasteiger partial charge in [-0.05, 0) is 48.6 Å². The van der Waals surface area contributed by atoms with Crippen molar-refractivity contribution >= 4 is 39.9 Å². The molecule has 0 spiro atoms. The Bertz CT molecular complexity index is 1850. The van der Waals surface area contributed by atoms with Gasteiger partial charge in [0.2, 0.25) is 11.6 Å². The van der Waals surface area contributed by atoms with Gasteiger partial charge in [0.15, 0.2) is 5.76 Å². The van der Waals surface area contributed by atoms with E-state index in [0.717, 1.165) is 5.56 Å². The van der Waals surface area contributed by atoms with Crippen LogP contribution in [0.15, 0.2) is 24.0 Å². The summed E-state index contributed by atoms with van der Waals surface area (Å²) in [7, 11) is 6.87. The summed E-state index contributed by atoms with van der Waals surface area (Å²) in [6.45, 7) is 3.54. The number of carbonyl (C=O) groups excluding carboxylic acids is 4. The highest BCUT2D eigenvalue weighted by Crippen LogP contribution is 2.51. The van der Waals surface area contributed by atoms with Gasteiger partial charge in [0.1, 0.15) is 40.8 Å². The molecule has 228 valence electrons. The molecule has 0 fully saturated rings. The van der Waals surface area contributed by atoms with Gasteiger partial charge in [0.25, 0.3) is 0 Å². The van der Waals surface area contributed by atoms with Crippen LogP contribution in [0.1, 0.15) is 72.0 Å². The van der Waals surface area contributed by atoms with E-state index in [9.17, 15) is 19.2 Å². The lowest BCUT2D eigenvalue weighted by molar-refractivity contribution is 0.0287. The summed E-state index contributed by atoms with van der Waals surface area (Å²) in [5.74, 6) is -2.36. The van der Waals surface area contributed by atoms with Crippen LogP contribution in [0.2, 0.25) is 0 Å². The van der Waals surface area contributed by atoms with Crippen molar-refractivity contribution in [3.63, 3.8) is 0 Å². The minimum Gasteiger partial charge on any atom is -0.496 e. The molecule has 3 aromatic rings. The molecule has 2 heterocycles. The molecule has 1 aliphatic carbocycles. The third-order valence-corrected chi connectivity index (χ3v) is 8.21. The zero-order chi connectivity index (χ0) is 31.6. The predicted octanol–water partition coefficient (Wildman–Crippen LogP) is 4.51. The van der Waals surface area contributed by atoms with Gasteiger partial charge in [-0.1, -0.05) is 0 Å². The summed E-state index contributed by atoms with van der Waals surface area (Å²) in [5, 5.41) is 0.970. The fraction of sp³-hybridized carbons (Fsp3) is 0.333. The molecule has 0 saturated carbocycles. The van der Waals surface area contributed by atoms with Crippen molar-refractivity contribution in [2.45, 2.75) is 38.9 Å². The topological polar surface area (TPSA) is 133 Å². The second-order valence-electron chi connectivity index (χ2n) is 10.8. The number of Topliss-reactive ketones (excluding diaryl/α,β-unsaturated/α-hetero) is 2. The smallest absolute Gasteiger partial charge is 0.342 e. The first-order valence-electron chi connectivity index (χ1n) is 13.9. The molecular weight excluding hydrogens is 572 g/mol. The Morgan fingerprint density at radius 3 is 1.70 bits per heavy atom. The van der Waals surface area contributed by atoms with Gasteiger partial charge >= 0.3 is 11.9 Å². The maximum absolute atomic E-state index is 14.6. The molecule has 0 bridgehead atoms. The Morgan fingerprint density at radius 1 is 0.591 bits per heavy atom. The molecule has 0 radical (unpaired) electrons. The van der Waals surface area contributed by atoms with E-state index in [1.165, 1.54) is 35.5 Å².